The lowest BCUT2D eigenvalue weighted by Crippen LogP contribution is -2.50. The van der Waals surface area contributed by atoms with Gasteiger partial charge in [0.05, 0.1) is 5.92 Å². The van der Waals surface area contributed by atoms with Crippen molar-refractivity contribution in [2.75, 3.05) is 13.1 Å². The van der Waals surface area contributed by atoms with Crippen molar-refractivity contribution in [2.45, 2.75) is 39.3 Å². The van der Waals surface area contributed by atoms with Crippen molar-refractivity contribution in [3.63, 3.8) is 0 Å². The highest BCUT2D eigenvalue weighted by Gasteiger charge is 2.28. The van der Waals surface area contributed by atoms with Crippen LogP contribution in [0.3, 0.4) is 0 Å². The zero-order valence-electron chi connectivity index (χ0n) is 16.9. The maximum atomic E-state index is 12.6. The molecule has 2 N–H and O–H groups in total. The number of para-hydroxylation sites is 1. The van der Waals surface area contributed by atoms with Gasteiger partial charge in [-0.15, -0.1) is 0 Å². The molecule has 0 aliphatic carbocycles. The second-order valence-electron chi connectivity index (χ2n) is 7.52. The van der Waals surface area contributed by atoms with Gasteiger partial charge in [-0.2, -0.15) is 0 Å². The molecule has 1 atom stereocenters. The van der Waals surface area contributed by atoms with Gasteiger partial charge >= 0.3 is 6.03 Å². The first kappa shape index (κ1) is 20.6. The lowest BCUT2D eigenvalue weighted by Gasteiger charge is -2.32. The van der Waals surface area contributed by atoms with E-state index in [0.717, 1.165) is 18.4 Å². The maximum Gasteiger partial charge on any atom is 0.317 e. The Balaban J connectivity index is 1.52. The molecule has 1 unspecified atom stereocenters. The highest BCUT2D eigenvalue weighted by molar-refractivity contribution is 5.80. The Labute approximate surface area is 171 Å². The number of hydrogen-bond acceptors (Lipinski definition) is 4. The van der Waals surface area contributed by atoms with Gasteiger partial charge in [-0.25, -0.2) is 9.78 Å². The van der Waals surface area contributed by atoms with E-state index in [9.17, 15) is 9.59 Å². The summed E-state index contributed by atoms with van der Waals surface area (Å²) >= 11 is 0. The van der Waals surface area contributed by atoms with Crippen LogP contribution in [-0.4, -0.2) is 41.0 Å². The molecule has 1 aromatic carbocycles. The number of carbonyl (C=O) groups excluding carboxylic acids is 2. The van der Waals surface area contributed by atoms with Crippen molar-refractivity contribution in [1.29, 1.82) is 0 Å². The van der Waals surface area contributed by atoms with Crippen LogP contribution in [0.5, 0.6) is 11.6 Å². The van der Waals surface area contributed by atoms with E-state index >= 15 is 0 Å². The number of urea groups is 1. The number of carbonyl (C=O) groups is 2. The Morgan fingerprint density at radius 2 is 2.03 bits per heavy atom. The largest absolute Gasteiger partial charge is 0.439 e. The van der Waals surface area contributed by atoms with Crippen molar-refractivity contribution < 1.29 is 14.3 Å². The lowest BCUT2D eigenvalue weighted by atomic mass is 9.97. The number of piperidine rings is 1. The minimum absolute atomic E-state index is 0.0330. The summed E-state index contributed by atoms with van der Waals surface area (Å²) in [5.74, 6) is 0.971. The third-order valence-electron chi connectivity index (χ3n) is 4.72. The van der Waals surface area contributed by atoms with Crippen molar-refractivity contribution >= 4 is 11.9 Å². The number of hydrogen-bond donors (Lipinski definition) is 2. The molecule has 7 heteroatoms. The molecule has 0 spiro atoms. The minimum atomic E-state index is -0.191. The van der Waals surface area contributed by atoms with Crippen LogP contribution in [0.4, 0.5) is 4.79 Å². The number of aromatic nitrogens is 1. The lowest BCUT2D eigenvalue weighted by molar-refractivity contribution is -0.126. The van der Waals surface area contributed by atoms with E-state index in [-0.39, 0.29) is 23.9 Å². The fourth-order valence-corrected chi connectivity index (χ4v) is 3.27. The summed E-state index contributed by atoms with van der Waals surface area (Å²) in [6.45, 7) is 5.38. The highest BCUT2D eigenvalue weighted by atomic mass is 16.5. The first-order chi connectivity index (χ1) is 14.0. The Morgan fingerprint density at radius 3 is 2.79 bits per heavy atom. The molecule has 1 aliphatic rings. The molecular formula is C22H28N4O3. The minimum Gasteiger partial charge on any atom is -0.439 e. The van der Waals surface area contributed by atoms with E-state index in [0.29, 0.717) is 31.3 Å². The summed E-state index contributed by atoms with van der Waals surface area (Å²) in [5, 5.41) is 5.87. The summed E-state index contributed by atoms with van der Waals surface area (Å²) in [5.41, 5.74) is 0.907. The molecule has 1 aliphatic heterocycles. The van der Waals surface area contributed by atoms with Gasteiger partial charge in [-0.1, -0.05) is 18.2 Å². The molecule has 0 saturated carbocycles. The van der Waals surface area contributed by atoms with Gasteiger partial charge in [0.2, 0.25) is 11.8 Å². The van der Waals surface area contributed by atoms with E-state index < -0.39 is 0 Å². The van der Waals surface area contributed by atoms with E-state index in [2.05, 4.69) is 15.6 Å². The normalized spacial score (nSPS) is 16.4. The molecule has 1 aromatic heterocycles. The summed E-state index contributed by atoms with van der Waals surface area (Å²) < 4.78 is 5.74. The second-order valence-corrected chi connectivity index (χ2v) is 7.52. The topological polar surface area (TPSA) is 83.6 Å². The van der Waals surface area contributed by atoms with Crippen LogP contribution >= 0.6 is 0 Å². The van der Waals surface area contributed by atoms with Crippen molar-refractivity contribution in [3.8, 4) is 11.6 Å². The fraction of sp³-hybridized carbons (Fsp3) is 0.409. The van der Waals surface area contributed by atoms with Crippen LogP contribution in [0.25, 0.3) is 0 Å². The predicted octanol–water partition coefficient (Wildman–Crippen LogP) is 3.32. The fourth-order valence-electron chi connectivity index (χ4n) is 3.27. The maximum absolute atomic E-state index is 12.6. The Hall–Kier alpha value is -3.09. The average Bonchev–Trinajstić information content (AvgIpc) is 2.72. The van der Waals surface area contributed by atoms with Gasteiger partial charge < -0.3 is 20.3 Å². The molecule has 1 saturated heterocycles. The third-order valence-corrected chi connectivity index (χ3v) is 4.72. The van der Waals surface area contributed by atoms with Crippen LogP contribution in [0, 0.1) is 5.92 Å². The monoisotopic (exact) mass is 396 g/mol. The Bertz CT molecular complexity index is 826. The number of likely N-dealkylation sites (tertiary alicyclic amines) is 1. The SMILES string of the molecule is CC(C)NC(=O)N1CCCC(C(=O)NCc2ccnc(Oc3ccccc3)c2)C1. The molecule has 3 rings (SSSR count). The molecule has 2 heterocycles. The van der Waals surface area contributed by atoms with E-state index in [1.165, 1.54) is 0 Å². The Kier molecular flexibility index (Phi) is 7.05. The first-order valence-corrected chi connectivity index (χ1v) is 10.0. The van der Waals surface area contributed by atoms with Crippen LogP contribution in [0.2, 0.25) is 0 Å². The van der Waals surface area contributed by atoms with Crippen molar-refractivity contribution in [2.24, 2.45) is 5.92 Å². The second kappa shape index (κ2) is 9.91. The first-order valence-electron chi connectivity index (χ1n) is 10.0. The molecule has 154 valence electrons. The van der Waals surface area contributed by atoms with Gasteiger partial charge in [0.15, 0.2) is 0 Å². The smallest absolute Gasteiger partial charge is 0.317 e. The average molecular weight is 396 g/mol. The number of nitrogens with zero attached hydrogens (tertiary/aromatic N) is 2. The number of ether oxygens (including phenoxy) is 1. The molecule has 7 nitrogen and oxygen atoms in total. The molecule has 0 radical (unpaired) electrons. The zero-order valence-corrected chi connectivity index (χ0v) is 16.9. The van der Waals surface area contributed by atoms with Crippen LogP contribution in [-0.2, 0) is 11.3 Å². The predicted molar refractivity (Wildman–Crippen MR) is 111 cm³/mol. The zero-order chi connectivity index (χ0) is 20.6. The number of benzene rings is 1. The van der Waals surface area contributed by atoms with Crippen molar-refractivity contribution in [3.05, 3.63) is 54.2 Å². The standard InChI is InChI=1S/C22H28N4O3/c1-16(2)25-22(28)26-12-6-7-18(15-26)21(27)24-14-17-10-11-23-20(13-17)29-19-8-4-3-5-9-19/h3-5,8-11,13,16,18H,6-7,12,14-15H2,1-2H3,(H,24,27)(H,25,28). The summed E-state index contributed by atoms with van der Waals surface area (Å²) in [6, 6.07) is 13.1. The molecule has 2 aromatic rings. The van der Waals surface area contributed by atoms with Gasteiger partial charge in [0.25, 0.3) is 0 Å². The van der Waals surface area contributed by atoms with E-state index in [4.69, 9.17) is 4.74 Å². The van der Waals surface area contributed by atoms with Crippen molar-refractivity contribution in [1.82, 2.24) is 20.5 Å². The van der Waals surface area contributed by atoms with Crippen LogP contribution in [0.15, 0.2) is 48.7 Å². The van der Waals surface area contributed by atoms with Crippen LogP contribution < -0.4 is 15.4 Å². The van der Waals surface area contributed by atoms with Gasteiger partial charge in [-0.05, 0) is 50.5 Å². The van der Waals surface area contributed by atoms with Gasteiger partial charge in [0.1, 0.15) is 5.75 Å². The molecule has 1 fully saturated rings. The number of pyridine rings is 1. The van der Waals surface area contributed by atoms with E-state index in [1.807, 2.05) is 56.3 Å². The van der Waals surface area contributed by atoms with Crippen LogP contribution in [0.1, 0.15) is 32.3 Å². The number of rotatable bonds is 6. The number of amides is 3. The summed E-state index contributed by atoms with van der Waals surface area (Å²) in [4.78, 5) is 30.8. The molecular weight excluding hydrogens is 368 g/mol. The van der Waals surface area contributed by atoms with Gasteiger partial charge in [-0.3, -0.25) is 4.79 Å². The Morgan fingerprint density at radius 1 is 1.24 bits per heavy atom. The summed E-state index contributed by atoms with van der Waals surface area (Å²) in [6.07, 6.45) is 3.28. The van der Waals surface area contributed by atoms with Gasteiger partial charge in [0, 0.05) is 37.9 Å². The van der Waals surface area contributed by atoms with E-state index in [1.54, 1.807) is 11.1 Å². The molecule has 29 heavy (non-hydrogen) atoms. The third kappa shape index (κ3) is 6.20. The molecule has 3 amide bonds. The summed E-state index contributed by atoms with van der Waals surface area (Å²) in [7, 11) is 0. The number of nitrogens with one attached hydrogen (secondary N) is 2. The highest BCUT2D eigenvalue weighted by Crippen LogP contribution is 2.20. The molecule has 0 bridgehead atoms. The quantitative estimate of drug-likeness (QED) is 0.785.